The van der Waals surface area contributed by atoms with Crippen LogP contribution in [0.4, 0.5) is 0 Å². The Hall–Kier alpha value is -1.97. The molecule has 0 bridgehead atoms. The topological polar surface area (TPSA) is 111 Å². The third-order valence-electron chi connectivity index (χ3n) is 2.75. The Balaban J connectivity index is 2.06. The second kappa shape index (κ2) is 7.53. The smallest absolute Gasteiger partial charge is 0.315 e. The second-order valence-corrected chi connectivity index (χ2v) is 6.90. The minimum atomic E-state index is -3.66. The predicted molar refractivity (Wildman–Crippen MR) is 80.8 cm³/mol. The van der Waals surface area contributed by atoms with Crippen molar-refractivity contribution >= 4 is 27.3 Å². The van der Waals surface area contributed by atoms with E-state index in [0.717, 1.165) is 0 Å². The SMILES string of the molecule is COCCNC(=O)c1nc(CS(=O)(=O)c2ccc(Cl)cc2)no1. The third-order valence-corrected chi connectivity index (χ3v) is 4.63. The van der Waals surface area contributed by atoms with Gasteiger partial charge in [-0.15, -0.1) is 0 Å². The number of methoxy groups -OCH3 is 1. The highest BCUT2D eigenvalue weighted by atomic mass is 35.5. The molecule has 1 heterocycles. The van der Waals surface area contributed by atoms with Gasteiger partial charge in [-0.1, -0.05) is 16.8 Å². The van der Waals surface area contributed by atoms with Crippen molar-refractivity contribution < 1.29 is 22.5 Å². The monoisotopic (exact) mass is 359 g/mol. The number of halogens is 1. The lowest BCUT2D eigenvalue weighted by Crippen LogP contribution is -2.27. The average Bonchev–Trinajstić information content (AvgIpc) is 2.95. The maximum absolute atomic E-state index is 12.2. The van der Waals surface area contributed by atoms with E-state index in [4.69, 9.17) is 20.9 Å². The van der Waals surface area contributed by atoms with Crippen molar-refractivity contribution in [3.63, 3.8) is 0 Å². The molecule has 0 saturated carbocycles. The predicted octanol–water partition coefficient (Wildman–Crippen LogP) is 1.07. The fourth-order valence-electron chi connectivity index (χ4n) is 1.64. The summed E-state index contributed by atoms with van der Waals surface area (Å²) in [5.41, 5.74) is 0. The molecule has 0 aliphatic heterocycles. The van der Waals surface area contributed by atoms with Crippen molar-refractivity contribution in [3.8, 4) is 0 Å². The van der Waals surface area contributed by atoms with E-state index in [1.807, 2.05) is 0 Å². The van der Waals surface area contributed by atoms with Crippen LogP contribution in [0, 0.1) is 0 Å². The van der Waals surface area contributed by atoms with Crippen LogP contribution in [0.15, 0.2) is 33.7 Å². The average molecular weight is 360 g/mol. The van der Waals surface area contributed by atoms with Gasteiger partial charge in [0.25, 0.3) is 0 Å². The molecule has 0 fully saturated rings. The first-order valence-corrected chi connectivity index (χ1v) is 8.53. The maximum atomic E-state index is 12.2. The van der Waals surface area contributed by atoms with Crippen LogP contribution in [0.3, 0.4) is 0 Å². The molecule has 0 unspecified atom stereocenters. The Kier molecular flexibility index (Phi) is 5.69. The van der Waals surface area contributed by atoms with E-state index in [-0.39, 0.29) is 23.2 Å². The molecule has 0 aliphatic rings. The molecule has 1 N–H and O–H groups in total. The summed E-state index contributed by atoms with van der Waals surface area (Å²) in [5, 5.41) is 6.43. The van der Waals surface area contributed by atoms with Gasteiger partial charge < -0.3 is 14.6 Å². The summed E-state index contributed by atoms with van der Waals surface area (Å²) in [6, 6.07) is 5.71. The molecule has 2 rings (SSSR count). The van der Waals surface area contributed by atoms with Crippen LogP contribution in [-0.2, 0) is 20.3 Å². The van der Waals surface area contributed by atoms with E-state index in [0.29, 0.717) is 11.6 Å². The number of amides is 1. The summed E-state index contributed by atoms with van der Waals surface area (Å²) in [5.74, 6) is -1.48. The molecule has 0 atom stereocenters. The number of nitrogens with one attached hydrogen (secondary N) is 1. The van der Waals surface area contributed by atoms with E-state index >= 15 is 0 Å². The van der Waals surface area contributed by atoms with Crippen molar-refractivity contribution in [2.24, 2.45) is 0 Å². The summed E-state index contributed by atoms with van der Waals surface area (Å²) >= 11 is 5.72. The quantitative estimate of drug-likeness (QED) is 0.736. The zero-order valence-corrected chi connectivity index (χ0v) is 13.7. The molecule has 2 aromatic rings. The van der Waals surface area contributed by atoms with Crippen LogP contribution in [-0.4, -0.2) is 44.7 Å². The molecule has 0 saturated heterocycles. The van der Waals surface area contributed by atoms with E-state index < -0.39 is 21.5 Å². The zero-order chi connectivity index (χ0) is 16.9. The van der Waals surface area contributed by atoms with Gasteiger partial charge in [-0.2, -0.15) is 4.98 Å². The Labute approximate surface area is 137 Å². The van der Waals surface area contributed by atoms with Crippen molar-refractivity contribution in [2.45, 2.75) is 10.6 Å². The van der Waals surface area contributed by atoms with Crippen LogP contribution in [0.25, 0.3) is 0 Å². The molecular formula is C13H14ClN3O5S. The molecule has 23 heavy (non-hydrogen) atoms. The summed E-state index contributed by atoms with van der Waals surface area (Å²) in [6.45, 7) is 0.605. The van der Waals surface area contributed by atoms with Gasteiger partial charge in [-0.25, -0.2) is 8.42 Å². The Morgan fingerprint density at radius 1 is 1.35 bits per heavy atom. The lowest BCUT2D eigenvalue weighted by Gasteiger charge is -2.01. The minimum Gasteiger partial charge on any atom is -0.383 e. The number of nitrogens with zero attached hydrogens (tertiary/aromatic N) is 2. The van der Waals surface area contributed by atoms with Crippen molar-refractivity contribution in [1.82, 2.24) is 15.5 Å². The van der Waals surface area contributed by atoms with Crippen LogP contribution in [0.2, 0.25) is 5.02 Å². The number of sulfone groups is 1. The summed E-state index contributed by atoms with van der Waals surface area (Å²) in [6.07, 6.45) is 0. The first kappa shape index (κ1) is 17.4. The lowest BCUT2D eigenvalue weighted by molar-refractivity contribution is 0.0893. The van der Waals surface area contributed by atoms with Crippen LogP contribution < -0.4 is 5.32 Å². The van der Waals surface area contributed by atoms with Gasteiger partial charge in [-0.3, -0.25) is 4.79 Å². The van der Waals surface area contributed by atoms with Crippen LogP contribution in [0.1, 0.15) is 16.5 Å². The summed E-state index contributed by atoms with van der Waals surface area (Å²) in [4.78, 5) is 15.5. The van der Waals surface area contributed by atoms with E-state index in [1.54, 1.807) is 0 Å². The van der Waals surface area contributed by atoms with Gasteiger partial charge >= 0.3 is 11.8 Å². The number of rotatable bonds is 7. The number of aromatic nitrogens is 2. The van der Waals surface area contributed by atoms with Crippen molar-refractivity contribution in [2.75, 3.05) is 20.3 Å². The number of hydrogen-bond donors (Lipinski definition) is 1. The molecule has 1 amide bonds. The Bertz CT molecular complexity index is 773. The molecule has 0 spiro atoms. The normalized spacial score (nSPS) is 11.4. The first-order chi connectivity index (χ1) is 10.9. The summed E-state index contributed by atoms with van der Waals surface area (Å²) in [7, 11) is -2.16. The van der Waals surface area contributed by atoms with E-state index in [2.05, 4.69) is 15.5 Å². The van der Waals surface area contributed by atoms with Gasteiger partial charge in [0.15, 0.2) is 15.7 Å². The number of carbonyl (C=O) groups is 1. The van der Waals surface area contributed by atoms with Crippen molar-refractivity contribution in [1.29, 1.82) is 0 Å². The maximum Gasteiger partial charge on any atom is 0.315 e. The minimum absolute atomic E-state index is 0.0813. The highest BCUT2D eigenvalue weighted by Crippen LogP contribution is 2.17. The summed E-state index contributed by atoms with van der Waals surface area (Å²) < 4.78 is 34.0. The highest BCUT2D eigenvalue weighted by molar-refractivity contribution is 7.90. The molecule has 124 valence electrons. The van der Waals surface area contributed by atoms with Crippen molar-refractivity contribution in [3.05, 3.63) is 41.0 Å². The number of carbonyl (C=O) groups excluding carboxylic acids is 1. The van der Waals surface area contributed by atoms with Crippen LogP contribution >= 0.6 is 11.6 Å². The second-order valence-electron chi connectivity index (χ2n) is 4.48. The molecule has 10 heteroatoms. The van der Waals surface area contributed by atoms with E-state index in [9.17, 15) is 13.2 Å². The third kappa shape index (κ3) is 4.75. The van der Waals surface area contributed by atoms with Crippen LogP contribution in [0.5, 0.6) is 0 Å². The molecular weight excluding hydrogens is 346 g/mol. The molecule has 0 aliphatic carbocycles. The largest absolute Gasteiger partial charge is 0.383 e. The molecule has 8 nitrogen and oxygen atoms in total. The lowest BCUT2D eigenvalue weighted by atomic mass is 10.4. The first-order valence-electron chi connectivity index (χ1n) is 6.50. The number of benzene rings is 1. The number of hydrogen-bond acceptors (Lipinski definition) is 7. The molecule has 0 radical (unpaired) electrons. The van der Waals surface area contributed by atoms with Gasteiger partial charge in [0, 0.05) is 18.7 Å². The standard InChI is InChI=1S/C13H14ClN3O5S/c1-21-7-6-15-12(18)13-16-11(17-22-13)8-23(19,20)10-4-2-9(14)3-5-10/h2-5H,6-8H2,1H3,(H,15,18). The Morgan fingerprint density at radius 3 is 2.70 bits per heavy atom. The zero-order valence-electron chi connectivity index (χ0n) is 12.2. The van der Waals surface area contributed by atoms with Gasteiger partial charge in [0.1, 0.15) is 5.75 Å². The fraction of sp³-hybridized carbons (Fsp3) is 0.308. The number of ether oxygens (including phenoxy) is 1. The van der Waals surface area contributed by atoms with Gasteiger partial charge in [-0.05, 0) is 24.3 Å². The highest BCUT2D eigenvalue weighted by Gasteiger charge is 2.21. The molecule has 1 aromatic carbocycles. The molecule has 1 aromatic heterocycles. The van der Waals surface area contributed by atoms with Gasteiger partial charge in [0.05, 0.1) is 11.5 Å². The van der Waals surface area contributed by atoms with E-state index in [1.165, 1.54) is 31.4 Å². The fourth-order valence-corrected chi connectivity index (χ4v) is 2.94. The van der Waals surface area contributed by atoms with Gasteiger partial charge in [0.2, 0.25) is 0 Å². The Morgan fingerprint density at radius 2 is 2.04 bits per heavy atom.